The van der Waals surface area contributed by atoms with Gasteiger partial charge >= 0.3 is 0 Å². The van der Waals surface area contributed by atoms with Gasteiger partial charge in [-0.1, -0.05) is 61.8 Å². The van der Waals surface area contributed by atoms with E-state index < -0.39 is 0 Å². The molecule has 0 atom stereocenters. The van der Waals surface area contributed by atoms with E-state index >= 15 is 0 Å². The molecule has 0 radical (unpaired) electrons. The van der Waals surface area contributed by atoms with Gasteiger partial charge in [0, 0.05) is 23.5 Å². The Morgan fingerprint density at radius 1 is 0.643 bits per heavy atom. The normalized spacial score (nSPS) is 18.4. The Kier molecular flexibility index (Phi) is 7.65. The first kappa shape index (κ1) is 21.0. The predicted octanol–water partition coefficient (Wildman–Crippen LogP) is 8.02. The molecule has 0 aromatic heterocycles. The van der Waals surface area contributed by atoms with Crippen molar-refractivity contribution in [3.05, 3.63) is 34.4 Å². The first-order valence-electron chi connectivity index (χ1n) is 11.5. The van der Waals surface area contributed by atoms with Gasteiger partial charge in [-0.15, -0.1) is 0 Å². The van der Waals surface area contributed by atoms with E-state index in [1.165, 1.54) is 97.9 Å². The number of hydrogen-bond donors (Lipinski definition) is 2. The molecule has 0 unspecified atom stereocenters. The van der Waals surface area contributed by atoms with E-state index in [4.69, 9.17) is 0 Å². The zero-order valence-electron chi connectivity index (χ0n) is 18.5. The van der Waals surface area contributed by atoms with Crippen molar-refractivity contribution in [2.24, 2.45) is 0 Å². The number of allylic oxidation sites excluding steroid dienone is 2. The lowest BCUT2D eigenvalue weighted by atomic mass is 9.93. The summed E-state index contributed by atoms with van der Waals surface area (Å²) in [6.45, 7) is 8.77. The largest absolute Gasteiger partial charge is 0.382 e. The van der Waals surface area contributed by atoms with Gasteiger partial charge in [-0.3, -0.25) is 0 Å². The number of benzene rings is 1. The fourth-order valence-electron chi connectivity index (χ4n) is 4.68. The second kappa shape index (κ2) is 10.2. The van der Waals surface area contributed by atoms with Crippen LogP contribution in [0.4, 0.5) is 11.4 Å². The van der Waals surface area contributed by atoms with E-state index in [1.54, 1.807) is 0 Å². The zero-order chi connectivity index (χ0) is 19.9. The van der Waals surface area contributed by atoms with Crippen molar-refractivity contribution in [1.29, 1.82) is 0 Å². The second-order valence-corrected chi connectivity index (χ2v) is 9.43. The van der Waals surface area contributed by atoms with Gasteiger partial charge in [0.15, 0.2) is 0 Å². The molecule has 154 valence electrons. The summed E-state index contributed by atoms with van der Waals surface area (Å²) in [6.07, 6.45) is 18.1. The molecule has 28 heavy (non-hydrogen) atoms. The van der Waals surface area contributed by atoms with Gasteiger partial charge in [0.1, 0.15) is 0 Å². The molecule has 2 aliphatic rings. The van der Waals surface area contributed by atoms with E-state index in [-0.39, 0.29) is 0 Å². The third-order valence-corrected chi connectivity index (χ3v) is 6.04. The molecular formula is C26H40N2. The Bertz CT molecular complexity index is 636. The van der Waals surface area contributed by atoms with Crippen LogP contribution in [-0.4, -0.2) is 12.1 Å². The van der Waals surface area contributed by atoms with Gasteiger partial charge < -0.3 is 10.6 Å². The molecule has 2 saturated carbocycles. The van der Waals surface area contributed by atoms with Crippen LogP contribution in [0.2, 0.25) is 0 Å². The summed E-state index contributed by atoms with van der Waals surface area (Å²) in [5, 5.41) is 7.82. The lowest BCUT2D eigenvalue weighted by Gasteiger charge is -2.28. The molecule has 1 aromatic carbocycles. The molecule has 3 rings (SSSR count). The number of anilines is 2. The van der Waals surface area contributed by atoms with Crippen LogP contribution in [0, 0.1) is 0 Å². The van der Waals surface area contributed by atoms with Gasteiger partial charge in [0.25, 0.3) is 0 Å². The fraction of sp³-hybridized carbons (Fsp3) is 0.615. The van der Waals surface area contributed by atoms with Gasteiger partial charge in [-0.25, -0.2) is 0 Å². The first-order chi connectivity index (χ1) is 13.5. The highest BCUT2D eigenvalue weighted by Gasteiger charge is 2.18. The van der Waals surface area contributed by atoms with Crippen molar-refractivity contribution in [3.63, 3.8) is 0 Å². The summed E-state index contributed by atoms with van der Waals surface area (Å²) in [4.78, 5) is 0. The Labute approximate surface area is 172 Å². The fourth-order valence-corrected chi connectivity index (χ4v) is 4.68. The van der Waals surface area contributed by atoms with Crippen molar-refractivity contribution in [1.82, 2.24) is 0 Å². The Hall–Kier alpha value is -1.70. The smallest absolute Gasteiger partial charge is 0.0437 e. The van der Waals surface area contributed by atoms with Crippen LogP contribution in [0.25, 0.3) is 12.2 Å². The Morgan fingerprint density at radius 3 is 1.39 bits per heavy atom. The summed E-state index contributed by atoms with van der Waals surface area (Å²) < 4.78 is 0. The highest BCUT2D eigenvalue weighted by molar-refractivity contribution is 5.80. The molecule has 2 aliphatic carbocycles. The predicted molar refractivity (Wildman–Crippen MR) is 126 cm³/mol. The molecule has 2 N–H and O–H groups in total. The van der Waals surface area contributed by atoms with Gasteiger partial charge in [-0.2, -0.15) is 0 Å². The first-order valence-corrected chi connectivity index (χ1v) is 11.5. The maximum absolute atomic E-state index is 3.91. The van der Waals surface area contributed by atoms with Crippen LogP contribution in [0.3, 0.4) is 0 Å². The van der Waals surface area contributed by atoms with Crippen molar-refractivity contribution in [2.45, 2.75) is 104 Å². The summed E-state index contributed by atoms with van der Waals surface area (Å²) >= 11 is 0. The maximum atomic E-state index is 3.91. The van der Waals surface area contributed by atoms with E-state index in [1.807, 2.05) is 0 Å². The van der Waals surface area contributed by atoms with E-state index in [0.717, 1.165) is 0 Å². The molecule has 0 aliphatic heterocycles. The average molecular weight is 381 g/mol. The molecule has 1 aromatic rings. The van der Waals surface area contributed by atoms with Crippen molar-refractivity contribution in [3.8, 4) is 0 Å². The van der Waals surface area contributed by atoms with E-state index in [2.05, 4.69) is 62.6 Å². The van der Waals surface area contributed by atoms with E-state index in [0.29, 0.717) is 12.1 Å². The molecule has 0 amide bonds. The molecule has 0 bridgehead atoms. The molecular weight excluding hydrogens is 340 g/mol. The van der Waals surface area contributed by atoms with E-state index in [9.17, 15) is 0 Å². The number of rotatable bonds is 6. The second-order valence-electron chi connectivity index (χ2n) is 9.43. The lowest BCUT2D eigenvalue weighted by Crippen LogP contribution is -2.24. The summed E-state index contributed by atoms with van der Waals surface area (Å²) in [7, 11) is 0. The molecule has 0 spiro atoms. The Balaban J connectivity index is 1.95. The maximum Gasteiger partial charge on any atom is 0.0437 e. The number of hydrogen-bond acceptors (Lipinski definition) is 2. The minimum atomic E-state index is 0.620. The minimum Gasteiger partial charge on any atom is -0.382 e. The highest BCUT2D eigenvalue weighted by atomic mass is 14.9. The standard InChI is InChI=1S/C26H40N2/c1-19(2)15-21-17-22(16-20(3)4)26(28-24-13-9-6-10-14-24)18-25(21)27-23-11-7-5-8-12-23/h15-18,23-24,27-28H,5-14H2,1-4H3. The SMILES string of the molecule is CC(C)=Cc1cc(C=C(C)C)c(NC2CCCCC2)cc1NC1CCCCC1. The van der Waals surface area contributed by atoms with Crippen LogP contribution >= 0.6 is 0 Å². The summed E-state index contributed by atoms with van der Waals surface area (Å²) in [6, 6.07) is 6.02. The van der Waals surface area contributed by atoms with Crippen molar-refractivity contribution < 1.29 is 0 Å². The zero-order valence-corrected chi connectivity index (χ0v) is 18.5. The van der Waals surface area contributed by atoms with Gasteiger partial charge in [0.05, 0.1) is 0 Å². The molecule has 0 saturated heterocycles. The highest BCUT2D eigenvalue weighted by Crippen LogP contribution is 2.33. The number of nitrogens with one attached hydrogen (secondary N) is 2. The third-order valence-electron chi connectivity index (χ3n) is 6.04. The van der Waals surface area contributed by atoms with Gasteiger partial charge in [0.2, 0.25) is 0 Å². The molecule has 2 heteroatoms. The van der Waals surface area contributed by atoms with Gasteiger partial charge in [-0.05, 0) is 76.6 Å². The third kappa shape index (κ3) is 6.15. The van der Waals surface area contributed by atoms with Crippen LogP contribution in [-0.2, 0) is 0 Å². The summed E-state index contributed by atoms with van der Waals surface area (Å²) in [5.41, 5.74) is 7.96. The molecule has 2 nitrogen and oxygen atoms in total. The Morgan fingerprint density at radius 2 is 1.04 bits per heavy atom. The average Bonchev–Trinajstić information content (AvgIpc) is 2.66. The van der Waals surface area contributed by atoms with Crippen LogP contribution in [0.15, 0.2) is 23.3 Å². The monoisotopic (exact) mass is 380 g/mol. The summed E-state index contributed by atoms with van der Waals surface area (Å²) in [5.74, 6) is 0. The van der Waals surface area contributed by atoms with Crippen molar-refractivity contribution >= 4 is 23.5 Å². The van der Waals surface area contributed by atoms with Crippen LogP contribution < -0.4 is 10.6 Å². The van der Waals surface area contributed by atoms with Crippen molar-refractivity contribution in [2.75, 3.05) is 10.6 Å². The minimum absolute atomic E-state index is 0.620. The quantitative estimate of drug-likeness (QED) is 0.522. The lowest BCUT2D eigenvalue weighted by molar-refractivity contribution is 0.461. The molecule has 0 heterocycles. The van der Waals surface area contributed by atoms with Crippen LogP contribution in [0.5, 0.6) is 0 Å². The molecule has 2 fully saturated rings. The van der Waals surface area contributed by atoms with Crippen LogP contribution in [0.1, 0.15) is 103 Å². The topological polar surface area (TPSA) is 24.1 Å².